The molecule has 10 heteroatoms. The largest absolute Gasteiger partial charge is 0.496 e. The lowest BCUT2D eigenvalue weighted by Gasteiger charge is -2.26. The zero-order valence-corrected chi connectivity index (χ0v) is 20.8. The maximum atomic E-state index is 11.2. The Morgan fingerprint density at radius 1 is 1.14 bits per heavy atom. The molecule has 0 bridgehead atoms. The Morgan fingerprint density at radius 2 is 1.94 bits per heavy atom. The van der Waals surface area contributed by atoms with Crippen LogP contribution in [0.1, 0.15) is 23.5 Å². The minimum absolute atomic E-state index is 0.0562. The van der Waals surface area contributed by atoms with Crippen LogP contribution in [0.15, 0.2) is 87.9 Å². The minimum atomic E-state index is -0.460. The van der Waals surface area contributed by atoms with Gasteiger partial charge in [-0.25, -0.2) is 0 Å². The maximum absolute atomic E-state index is 11.2. The van der Waals surface area contributed by atoms with E-state index >= 15 is 0 Å². The van der Waals surface area contributed by atoms with Crippen molar-refractivity contribution in [3.8, 4) is 17.1 Å². The summed E-state index contributed by atoms with van der Waals surface area (Å²) in [7, 11) is 1.47. The van der Waals surface area contributed by atoms with Gasteiger partial charge >= 0.3 is 0 Å². The smallest absolute Gasteiger partial charge is 0.273 e. The fourth-order valence-corrected chi connectivity index (χ4v) is 4.79. The molecule has 0 saturated carbocycles. The van der Waals surface area contributed by atoms with E-state index in [9.17, 15) is 10.1 Å². The SMILES string of the molecule is COc1cc([N+](=O)[O-])ccc1-c1ccc([C@H]2[C@H](c3ccccn3)NC(=S)N2c2ccc(Br)cc2)o1. The Bertz CT molecular complexity index is 1390. The molecule has 0 aliphatic carbocycles. The third kappa shape index (κ3) is 4.38. The number of rotatable bonds is 6. The first-order valence-corrected chi connectivity index (χ1v) is 11.8. The van der Waals surface area contributed by atoms with Crippen LogP contribution in [0.4, 0.5) is 11.4 Å². The molecule has 1 aliphatic rings. The lowest BCUT2D eigenvalue weighted by molar-refractivity contribution is -0.384. The Hall–Kier alpha value is -3.76. The Labute approximate surface area is 214 Å². The molecular formula is C25H19BrN4O4S. The van der Waals surface area contributed by atoms with Gasteiger partial charge in [-0.3, -0.25) is 15.1 Å². The average molecular weight is 551 g/mol. The number of thiocarbonyl (C=S) groups is 1. The highest BCUT2D eigenvalue weighted by molar-refractivity contribution is 9.10. The quantitative estimate of drug-likeness (QED) is 0.172. The van der Waals surface area contributed by atoms with Crippen molar-refractivity contribution in [3.05, 3.63) is 105 Å². The van der Waals surface area contributed by atoms with Crippen LogP contribution < -0.4 is 15.0 Å². The third-order valence-electron chi connectivity index (χ3n) is 5.78. The van der Waals surface area contributed by atoms with Crippen LogP contribution in [0, 0.1) is 10.1 Å². The minimum Gasteiger partial charge on any atom is -0.496 e. The van der Waals surface area contributed by atoms with Crippen molar-refractivity contribution in [2.75, 3.05) is 12.0 Å². The molecule has 0 radical (unpaired) electrons. The highest BCUT2D eigenvalue weighted by Gasteiger charge is 2.42. The Balaban J connectivity index is 1.59. The van der Waals surface area contributed by atoms with E-state index in [1.54, 1.807) is 12.3 Å². The van der Waals surface area contributed by atoms with Gasteiger partial charge in [0.05, 0.1) is 35.4 Å². The lowest BCUT2D eigenvalue weighted by atomic mass is 10.0. The van der Waals surface area contributed by atoms with E-state index in [2.05, 4.69) is 26.2 Å². The van der Waals surface area contributed by atoms with Gasteiger partial charge in [0, 0.05) is 22.4 Å². The maximum Gasteiger partial charge on any atom is 0.273 e. The van der Waals surface area contributed by atoms with Gasteiger partial charge in [0.25, 0.3) is 5.69 Å². The van der Waals surface area contributed by atoms with Crippen LogP contribution >= 0.6 is 28.1 Å². The summed E-state index contributed by atoms with van der Waals surface area (Å²) in [6, 6.07) is 21.2. The number of aromatic nitrogens is 1. The predicted octanol–water partition coefficient (Wildman–Crippen LogP) is 6.20. The van der Waals surface area contributed by atoms with Gasteiger partial charge < -0.3 is 19.4 Å². The van der Waals surface area contributed by atoms with E-state index in [1.165, 1.54) is 19.2 Å². The summed E-state index contributed by atoms with van der Waals surface area (Å²) >= 11 is 9.22. The molecule has 35 heavy (non-hydrogen) atoms. The van der Waals surface area contributed by atoms with Gasteiger partial charge in [-0.05, 0) is 66.8 Å². The number of anilines is 1. The molecule has 0 unspecified atom stereocenters. The molecule has 1 fully saturated rings. The number of non-ortho nitro benzene ring substituents is 1. The number of halogens is 1. The number of benzene rings is 2. The average Bonchev–Trinajstić information content (AvgIpc) is 3.49. The predicted molar refractivity (Wildman–Crippen MR) is 139 cm³/mol. The van der Waals surface area contributed by atoms with Crippen LogP contribution in [-0.2, 0) is 0 Å². The van der Waals surface area contributed by atoms with E-state index in [4.69, 9.17) is 21.4 Å². The Kier molecular flexibility index (Phi) is 6.23. The van der Waals surface area contributed by atoms with Crippen molar-refractivity contribution in [1.29, 1.82) is 0 Å². The molecule has 5 rings (SSSR count). The summed E-state index contributed by atoms with van der Waals surface area (Å²) in [5, 5.41) is 15.1. The molecule has 3 heterocycles. The normalized spacial score (nSPS) is 17.3. The van der Waals surface area contributed by atoms with E-state index < -0.39 is 4.92 Å². The van der Waals surface area contributed by atoms with Gasteiger partial charge in [0.1, 0.15) is 23.3 Å². The number of nitro benzene ring substituents is 1. The van der Waals surface area contributed by atoms with E-state index in [-0.39, 0.29) is 17.8 Å². The van der Waals surface area contributed by atoms with Crippen LogP contribution in [-0.4, -0.2) is 22.1 Å². The van der Waals surface area contributed by atoms with Gasteiger partial charge in [0.15, 0.2) is 5.11 Å². The van der Waals surface area contributed by atoms with Crippen molar-refractivity contribution in [1.82, 2.24) is 10.3 Å². The van der Waals surface area contributed by atoms with E-state index in [0.717, 1.165) is 15.9 Å². The molecule has 4 aromatic rings. The van der Waals surface area contributed by atoms with Crippen molar-refractivity contribution in [3.63, 3.8) is 0 Å². The van der Waals surface area contributed by atoms with E-state index in [0.29, 0.717) is 27.9 Å². The van der Waals surface area contributed by atoms with Crippen molar-refractivity contribution in [2.24, 2.45) is 0 Å². The van der Waals surface area contributed by atoms with Crippen molar-refractivity contribution >= 4 is 44.6 Å². The first-order chi connectivity index (χ1) is 17.0. The third-order valence-corrected chi connectivity index (χ3v) is 6.63. The molecule has 0 amide bonds. The number of nitrogens with zero attached hydrogens (tertiary/aromatic N) is 3. The monoisotopic (exact) mass is 550 g/mol. The van der Waals surface area contributed by atoms with Crippen molar-refractivity contribution in [2.45, 2.75) is 12.1 Å². The standard InChI is InChI=1S/C25H19BrN4O4S/c1-33-22-14-17(30(31)32)9-10-18(22)20-11-12-21(34-20)24-23(19-4-2-3-13-27-19)28-25(35)29(24)16-7-5-15(26)6-8-16/h2-14,23-24H,1H3,(H,28,35)/t23-,24-/m0/s1. The molecule has 2 atom stereocenters. The van der Waals surface area contributed by atoms with Crippen LogP contribution in [0.2, 0.25) is 0 Å². The highest BCUT2D eigenvalue weighted by Crippen LogP contribution is 2.44. The summed E-state index contributed by atoms with van der Waals surface area (Å²) < 4.78 is 12.7. The van der Waals surface area contributed by atoms with Gasteiger partial charge in [-0.1, -0.05) is 22.0 Å². The molecule has 2 aromatic carbocycles. The second-order valence-corrected chi connectivity index (χ2v) is 9.12. The summed E-state index contributed by atoms with van der Waals surface area (Å²) in [5.74, 6) is 1.54. The lowest BCUT2D eigenvalue weighted by Crippen LogP contribution is -2.29. The summed E-state index contributed by atoms with van der Waals surface area (Å²) in [4.78, 5) is 17.3. The molecule has 8 nitrogen and oxygen atoms in total. The first kappa shape index (κ1) is 23.0. The highest BCUT2D eigenvalue weighted by atomic mass is 79.9. The molecule has 2 aromatic heterocycles. The topological polar surface area (TPSA) is 93.7 Å². The second-order valence-electron chi connectivity index (χ2n) is 7.82. The number of hydrogen-bond acceptors (Lipinski definition) is 6. The van der Waals surface area contributed by atoms with Gasteiger partial charge in [0.2, 0.25) is 0 Å². The number of pyridine rings is 1. The fourth-order valence-electron chi connectivity index (χ4n) is 4.18. The number of furan rings is 1. The number of methoxy groups -OCH3 is 1. The summed E-state index contributed by atoms with van der Waals surface area (Å²) in [6.07, 6.45) is 1.74. The van der Waals surface area contributed by atoms with Gasteiger partial charge in [-0.2, -0.15) is 0 Å². The number of ether oxygens (including phenoxy) is 1. The number of hydrogen-bond donors (Lipinski definition) is 1. The molecule has 1 saturated heterocycles. The zero-order valence-electron chi connectivity index (χ0n) is 18.4. The molecule has 0 spiro atoms. The van der Waals surface area contributed by atoms with Crippen LogP contribution in [0.5, 0.6) is 5.75 Å². The van der Waals surface area contributed by atoms with Crippen LogP contribution in [0.25, 0.3) is 11.3 Å². The van der Waals surface area contributed by atoms with Crippen molar-refractivity contribution < 1.29 is 14.1 Å². The second kappa shape index (κ2) is 9.47. The zero-order chi connectivity index (χ0) is 24.5. The van der Waals surface area contributed by atoms with Crippen LogP contribution in [0.3, 0.4) is 0 Å². The molecule has 1 aliphatic heterocycles. The molecule has 1 N–H and O–H groups in total. The Morgan fingerprint density at radius 3 is 2.63 bits per heavy atom. The number of nitrogens with one attached hydrogen (secondary N) is 1. The fraction of sp³-hybridized carbons (Fsp3) is 0.120. The molecule has 176 valence electrons. The van der Waals surface area contributed by atoms with E-state index in [1.807, 2.05) is 59.5 Å². The number of nitro groups is 1. The molecular weight excluding hydrogens is 532 g/mol. The summed E-state index contributed by atoms with van der Waals surface area (Å²) in [6.45, 7) is 0. The first-order valence-electron chi connectivity index (χ1n) is 10.6. The van der Waals surface area contributed by atoms with Gasteiger partial charge in [-0.15, -0.1) is 0 Å². The summed E-state index contributed by atoms with van der Waals surface area (Å²) in [5.41, 5.74) is 2.28.